The van der Waals surface area contributed by atoms with E-state index in [2.05, 4.69) is 10.2 Å². The van der Waals surface area contributed by atoms with Gasteiger partial charge in [-0.05, 0) is 63.0 Å². The van der Waals surface area contributed by atoms with Gasteiger partial charge in [-0.3, -0.25) is 9.69 Å². The molecule has 2 unspecified atom stereocenters. The molecule has 4 rings (SSSR count). The number of hydrogen-bond acceptors (Lipinski definition) is 3. The molecular weight excluding hydrogens is 567 g/mol. The zero-order valence-electron chi connectivity index (χ0n) is 21.6. The predicted octanol–water partition coefficient (Wildman–Crippen LogP) is 6.56. The summed E-state index contributed by atoms with van der Waals surface area (Å²) in [5.74, 6) is -0.986. The number of piperidine rings is 2. The van der Waals surface area contributed by atoms with Crippen LogP contribution >= 0.6 is 24.8 Å². The summed E-state index contributed by atoms with van der Waals surface area (Å²) in [5.41, 5.74) is -1.54. The van der Waals surface area contributed by atoms with Crippen molar-refractivity contribution in [1.29, 1.82) is 0 Å². The second-order valence-corrected chi connectivity index (χ2v) is 10.1. The van der Waals surface area contributed by atoms with Crippen molar-refractivity contribution in [1.82, 2.24) is 15.1 Å². The number of nitrogens with zero attached hydrogens (tertiary/aromatic N) is 2. The van der Waals surface area contributed by atoms with Crippen LogP contribution in [0.1, 0.15) is 57.8 Å². The highest BCUT2D eigenvalue weighted by Gasteiger charge is 2.40. The third-order valence-electron chi connectivity index (χ3n) is 7.59. The van der Waals surface area contributed by atoms with E-state index < -0.39 is 35.0 Å². The highest BCUT2D eigenvalue weighted by molar-refractivity contribution is 5.95. The zero-order chi connectivity index (χ0) is 27.0. The second kappa shape index (κ2) is 13.1. The van der Waals surface area contributed by atoms with Gasteiger partial charge in [0.15, 0.2) is 0 Å². The average molecular weight is 600 g/mol. The van der Waals surface area contributed by atoms with Crippen LogP contribution < -0.4 is 5.32 Å². The van der Waals surface area contributed by atoms with E-state index in [-0.39, 0.29) is 42.8 Å². The Hall–Kier alpha value is -2.01. The summed E-state index contributed by atoms with van der Waals surface area (Å²) in [4.78, 5) is 17.1. The van der Waals surface area contributed by atoms with Crippen LogP contribution in [0.5, 0.6) is 0 Å². The molecule has 0 spiro atoms. The molecule has 218 valence electrons. The van der Waals surface area contributed by atoms with Gasteiger partial charge in [-0.15, -0.1) is 24.8 Å². The largest absolute Gasteiger partial charge is 0.416 e. The number of alkyl halides is 6. The molecule has 39 heavy (non-hydrogen) atoms. The molecule has 1 N–H and O–H groups in total. The SMILES string of the molecule is Cc1ccc(C2CN(C3CCNCC3)CCC2N(C)C(=O)c2cc(C(F)(F)F)cc(C(F)(F)F)c2)cc1.Cl.Cl. The average Bonchev–Trinajstić information content (AvgIpc) is 2.87. The third kappa shape index (κ3) is 7.80. The first-order valence-electron chi connectivity index (χ1n) is 12.4. The molecule has 2 aliphatic rings. The quantitative estimate of drug-likeness (QED) is 0.404. The predicted molar refractivity (Wildman–Crippen MR) is 143 cm³/mol. The van der Waals surface area contributed by atoms with Crippen LogP contribution in [0.25, 0.3) is 0 Å². The van der Waals surface area contributed by atoms with E-state index in [9.17, 15) is 31.1 Å². The molecule has 2 heterocycles. The number of aryl methyl sites for hydroxylation is 1. The van der Waals surface area contributed by atoms with Crippen molar-refractivity contribution < 1.29 is 31.1 Å². The van der Waals surface area contributed by atoms with Crippen molar-refractivity contribution in [3.63, 3.8) is 0 Å². The standard InChI is InChI=1S/C27H31F6N3O.2ClH/c1-17-3-5-18(6-4-17)23-16-36(22-7-10-34-11-8-22)12-9-24(23)35(2)25(37)19-13-20(26(28,29)30)15-21(14-19)27(31,32)33;;/h3-6,13-15,22-24,34H,7-12,16H2,1-2H3;2*1H. The van der Waals surface area contributed by atoms with Crippen molar-refractivity contribution in [3.05, 3.63) is 70.3 Å². The Morgan fingerprint density at radius 3 is 1.95 bits per heavy atom. The van der Waals surface area contributed by atoms with E-state index in [4.69, 9.17) is 0 Å². The highest BCUT2D eigenvalue weighted by Crippen LogP contribution is 2.38. The van der Waals surface area contributed by atoms with Crippen LogP contribution in [-0.2, 0) is 12.4 Å². The van der Waals surface area contributed by atoms with Crippen LogP contribution in [0.3, 0.4) is 0 Å². The summed E-state index contributed by atoms with van der Waals surface area (Å²) in [6.07, 6.45) is -7.45. The van der Waals surface area contributed by atoms with Crippen LogP contribution in [0.15, 0.2) is 42.5 Å². The van der Waals surface area contributed by atoms with Gasteiger partial charge in [-0.25, -0.2) is 0 Å². The van der Waals surface area contributed by atoms with Gasteiger partial charge in [0.25, 0.3) is 5.91 Å². The first-order valence-corrected chi connectivity index (χ1v) is 12.4. The number of likely N-dealkylation sites (N-methyl/N-ethyl adjacent to an activating group) is 1. The fraction of sp³-hybridized carbons (Fsp3) is 0.519. The maximum absolute atomic E-state index is 13.4. The second-order valence-electron chi connectivity index (χ2n) is 10.1. The lowest BCUT2D eigenvalue weighted by Crippen LogP contribution is -2.54. The van der Waals surface area contributed by atoms with Gasteiger partial charge >= 0.3 is 12.4 Å². The Labute approximate surface area is 236 Å². The van der Waals surface area contributed by atoms with Crippen molar-refractivity contribution in [2.75, 3.05) is 33.2 Å². The number of likely N-dealkylation sites (tertiary alicyclic amines) is 1. The topological polar surface area (TPSA) is 35.6 Å². The molecule has 12 heteroatoms. The van der Waals surface area contributed by atoms with Gasteiger partial charge < -0.3 is 10.2 Å². The normalized spacial score (nSPS) is 21.0. The molecule has 1 amide bonds. The van der Waals surface area contributed by atoms with Crippen molar-refractivity contribution in [3.8, 4) is 0 Å². The summed E-state index contributed by atoms with van der Waals surface area (Å²) in [6.45, 7) is 5.17. The lowest BCUT2D eigenvalue weighted by molar-refractivity contribution is -0.143. The number of nitrogens with one attached hydrogen (secondary N) is 1. The molecule has 4 nitrogen and oxygen atoms in total. The molecule has 2 fully saturated rings. The van der Waals surface area contributed by atoms with E-state index >= 15 is 0 Å². The molecule has 2 aliphatic heterocycles. The Morgan fingerprint density at radius 1 is 0.897 bits per heavy atom. The Bertz CT molecular complexity index is 1070. The molecule has 0 aliphatic carbocycles. The fourth-order valence-corrected chi connectivity index (χ4v) is 5.51. The number of amides is 1. The summed E-state index contributed by atoms with van der Waals surface area (Å²) < 4.78 is 80.3. The minimum absolute atomic E-state index is 0. The van der Waals surface area contributed by atoms with Gasteiger partial charge in [0.1, 0.15) is 0 Å². The monoisotopic (exact) mass is 599 g/mol. The number of benzene rings is 2. The Morgan fingerprint density at radius 2 is 1.44 bits per heavy atom. The van der Waals surface area contributed by atoms with Gasteiger partial charge in [0.2, 0.25) is 0 Å². The highest BCUT2D eigenvalue weighted by atomic mass is 35.5. The van der Waals surface area contributed by atoms with Crippen molar-refractivity contribution in [2.45, 2.75) is 56.5 Å². The van der Waals surface area contributed by atoms with Crippen LogP contribution in [0, 0.1) is 6.92 Å². The minimum atomic E-state index is -5.01. The Kier molecular flexibility index (Phi) is 11.2. The summed E-state index contributed by atoms with van der Waals surface area (Å²) in [6, 6.07) is 9.01. The minimum Gasteiger partial charge on any atom is -0.338 e. The van der Waals surface area contributed by atoms with Crippen LogP contribution in [-0.4, -0.2) is 61.0 Å². The van der Waals surface area contributed by atoms with E-state index in [1.54, 1.807) is 0 Å². The van der Waals surface area contributed by atoms with Crippen LogP contribution in [0.4, 0.5) is 26.3 Å². The molecule has 0 radical (unpaired) electrons. The third-order valence-corrected chi connectivity index (χ3v) is 7.59. The summed E-state index contributed by atoms with van der Waals surface area (Å²) in [5, 5.41) is 3.35. The van der Waals surface area contributed by atoms with Gasteiger partial charge in [0, 0.05) is 43.7 Å². The summed E-state index contributed by atoms with van der Waals surface area (Å²) in [7, 11) is 1.47. The maximum Gasteiger partial charge on any atom is 0.416 e. The maximum atomic E-state index is 13.4. The van der Waals surface area contributed by atoms with Gasteiger partial charge in [-0.1, -0.05) is 29.8 Å². The van der Waals surface area contributed by atoms with E-state index in [0.29, 0.717) is 37.7 Å². The molecule has 2 atom stereocenters. The first-order chi connectivity index (χ1) is 17.3. The number of halogens is 8. The first kappa shape index (κ1) is 33.2. The summed E-state index contributed by atoms with van der Waals surface area (Å²) >= 11 is 0. The number of rotatable bonds is 4. The van der Waals surface area contributed by atoms with E-state index in [0.717, 1.165) is 37.1 Å². The van der Waals surface area contributed by atoms with E-state index in [1.807, 2.05) is 31.2 Å². The molecule has 2 aromatic carbocycles. The lowest BCUT2D eigenvalue weighted by atomic mass is 9.83. The van der Waals surface area contributed by atoms with E-state index in [1.165, 1.54) is 11.9 Å². The van der Waals surface area contributed by atoms with Gasteiger partial charge in [-0.2, -0.15) is 26.3 Å². The zero-order valence-corrected chi connectivity index (χ0v) is 23.2. The molecule has 0 saturated carbocycles. The molecule has 0 bridgehead atoms. The van der Waals surface area contributed by atoms with Crippen LogP contribution in [0.2, 0.25) is 0 Å². The number of carbonyl (C=O) groups is 1. The van der Waals surface area contributed by atoms with Gasteiger partial charge in [0.05, 0.1) is 11.1 Å². The molecule has 2 aromatic rings. The molecule has 0 aromatic heterocycles. The molecule has 2 saturated heterocycles. The fourth-order valence-electron chi connectivity index (χ4n) is 5.51. The van der Waals surface area contributed by atoms with Crippen molar-refractivity contribution >= 4 is 30.7 Å². The number of hydrogen-bond donors (Lipinski definition) is 1. The Balaban J connectivity index is 0.00000267. The lowest BCUT2D eigenvalue weighted by Gasteiger charge is -2.46. The smallest absolute Gasteiger partial charge is 0.338 e. The number of carbonyl (C=O) groups excluding carboxylic acids is 1. The van der Waals surface area contributed by atoms with Crippen molar-refractivity contribution in [2.24, 2.45) is 0 Å². The molecular formula is C27H33Cl2F6N3O.